The molecule has 2 aromatic rings. The predicted octanol–water partition coefficient (Wildman–Crippen LogP) is 2.96. The van der Waals surface area contributed by atoms with Crippen molar-refractivity contribution in [1.29, 1.82) is 0 Å². The number of aryl methyl sites for hydroxylation is 1. The number of carbonyl (C=O) groups is 1. The van der Waals surface area contributed by atoms with Crippen LogP contribution in [0.1, 0.15) is 12.0 Å². The summed E-state index contributed by atoms with van der Waals surface area (Å²) >= 11 is 0. The van der Waals surface area contributed by atoms with Crippen LogP contribution in [-0.2, 0) is 11.2 Å². The van der Waals surface area contributed by atoms with Crippen molar-refractivity contribution in [2.45, 2.75) is 18.6 Å². The number of hydrogen-bond acceptors (Lipinski definition) is 3. The third kappa shape index (κ3) is 2.76. The molecule has 1 atom stereocenters. The van der Waals surface area contributed by atoms with Gasteiger partial charge in [-0.2, -0.15) is 0 Å². The van der Waals surface area contributed by atoms with Crippen LogP contribution in [-0.4, -0.2) is 23.5 Å². The minimum atomic E-state index is -1.30. The molecular formula is C17H17NO3. The molecule has 3 rings (SSSR count). The second kappa shape index (κ2) is 5.58. The van der Waals surface area contributed by atoms with Gasteiger partial charge in [-0.25, -0.2) is 9.69 Å². The minimum Gasteiger partial charge on any atom is -0.444 e. The fourth-order valence-corrected chi connectivity index (χ4v) is 2.57. The summed E-state index contributed by atoms with van der Waals surface area (Å²) in [7, 11) is 0. The number of nitrogens with zero attached hydrogens (tertiary/aromatic N) is 1. The Bertz CT molecular complexity index is 614. The molecule has 0 aliphatic carbocycles. The Morgan fingerprint density at radius 2 is 1.67 bits per heavy atom. The van der Waals surface area contributed by atoms with Crippen molar-refractivity contribution < 1.29 is 14.6 Å². The standard InChI is InChI=1S/C17H17NO3/c19-16-18(15-9-5-2-6-10-15)17(20,13-21-16)12-11-14-7-3-1-4-8-14/h1-10,20H,11-13H2. The monoisotopic (exact) mass is 283 g/mol. The molecule has 1 fully saturated rings. The maximum atomic E-state index is 11.9. The number of benzene rings is 2. The third-order valence-electron chi connectivity index (χ3n) is 3.70. The summed E-state index contributed by atoms with van der Waals surface area (Å²) in [6, 6.07) is 19.0. The van der Waals surface area contributed by atoms with Gasteiger partial charge in [0.15, 0.2) is 5.72 Å². The van der Waals surface area contributed by atoms with Crippen LogP contribution in [0.3, 0.4) is 0 Å². The van der Waals surface area contributed by atoms with Crippen LogP contribution in [0.2, 0.25) is 0 Å². The molecule has 0 radical (unpaired) electrons. The SMILES string of the molecule is O=C1OCC(O)(CCc2ccccc2)N1c1ccccc1. The third-order valence-corrected chi connectivity index (χ3v) is 3.70. The number of ether oxygens (including phenoxy) is 1. The molecule has 21 heavy (non-hydrogen) atoms. The van der Waals surface area contributed by atoms with Gasteiger partial charge in [0.1, 0.15) is 6.61 Å². The number of cyclic esters (lactones) is 1. The highest BCUT2D eigenvalue weighted by Crippen LogP contribution is 2.32. The van der Waals surface area contributed by atoms with E-state index in [1.54, 1.807) is 12.1 Å². The van der Waals surface area contributed by atoms with Crippen molar-refractivity contribution in [3.63, 3.8) is 0 Å². The first kappa shape index (κ1) is 13.6. The van der Waals surface area contributed by atoms with Gasteiger partial charge >= 0.3 is 6.09 Å². The van der Waals surface area contributed by atoms with Gasteiger partial charge < -0.3 is 9.84 Å². The van der Waals surface area contributed by atoms with E-state index in [0.29, 0.717) is 18.5 Å². The second-order valence-corrected chi connectivity index (χ2v) is 5.19. The molecule has 4 nitrogen and oxygen atoms in total. The van der Waals surface area contributed by atoms with Gasteiger partial charge in [-0.15, -0.1) is 0 Å². The molecule has 0 aromatic heterocycles. The second-order valence-electron chi connectivity index (χ2n) is 5.19. The number of amides is 1. The lowest BCUT2D eigenvalue weighted by Gasteiger charge is -2.30. The first-order valence-corrected chi connectivity index (χ1v) is 6.97. The number of anilines is 1. The van der Waals surface area contributed by atoms with E-state index in [9.17, 15) is 9.90 Å². The lowest BCUT2D eigenvalue weighted by atomic mass is 10.0. The smallest absolute Gasteiger partial charge is 0.416 e. The van der Waals surface area contributed by atoms with Crippen molar-refractivity contribution >= 4 is 11.8 Å². The summed E-state index contributed by atoms with van der Waals surface area (Å²) < 4.78 is 5.06. The highest BCUT2D eigenvalue weighted by molar-refractivity contribution is 5.90. The van der Waals surface area contributed by atoms with Crippen LogP contribution < -0.4 is 4.90 Å². The highest BCUT2D eigenvalue weighted by atomic mass is 16.6. The molecule has 1 N–H and O–H groups in total. The fourth-order valence-electron chi connectivity index (χ4n) is 2.57. The van der Waals surface area contributed by atoms with Crippen LogP contribution in [0.5, 0.6) is 0 Å². The molecule has 0 bridgehead atoms. The van der Waals surface area contributed by atoms with Crippen LogP contribution in [0.25, 0.3) is 0 Å². The normalized spacial score (nSPS) is 21.4. The Balaban J connectivity index is 1.80. The molecule has 1 aliphatic heterocycles. The summed E-state index contributed by atoms with van der Waals surface area (Å²) in [6.07, 6.45) is 0.603. The number of para-hydroxylation sites is 1. The van der Waals surface area contributed by atoms with Crippen LogP contribution in [0.15, 0.2) is 60.7 Å². The first-order chi connectivity index (χ1) is 10.2. The van der Waals surface area contributed by atoms with Crippen LogP contribution >= 0.6 is 0 Å². The van der Waals surface area contributed by atoms with Crippen molar-refractivity contribution in [2.24, 2.45) is 0 Å². The number of hydrogen-bond donors (Lipinski definition) is 1. The van der Waals surface area contributed by atoms with E-state index in [1.165, 1.54) is 4.90 Å². The van der Waals surface area contributed by atoms with E-state index in [1.807, 2.05) is 48.5 Å². The summed E-state index contributed by atoms with van der Waals surface area (Å²) in [4.78, 5) is 13.3. The molecular weight excluding hydrogens is 266 g/mol. The average Bonchev–Trinajstić information content (AvgIpc) is 2.83. The van der Waals surface area contributed by atoms with E-state index in [4.69, 9.17) is 4.74 Å². The number of rotatable bonds is 4. The summed E-state index contributed by atoms with van der Waals surface area (Å²) in [6.45, 7) is -0.00639. The molecule has 1 amide bonds. The zero-order valence-corrected chi connectivity index (χ0v) is 11.6. The predicted molar refractivity (Wildman–Crippen MR) is 80.0 cm³/mol. The molecule has 0 saturated carbocycles. The average molecular weight is 283 g/mol. The molecule has 2 aromatic carbocycles. The summed E-state index contributed by atoms with van der Waals surface area (Å²) in [5, 5.41) is 10.8. The zero-order chi connectivity index (χ0) is 14.7. The van der Waals surface area contributed by atoms with E-state index in [-0.39, 0.29) is 6.61 Å². The Morgan fingerprint density at radius 1 is 1.05 bits per heavy atom. The van der Waals surface area contributed by atoms with Crippen molar-refractivity contribution in [3.8, 4) is 0 Å². The van der Waals surface area contributed by atoms with Gasteiger partial charge in [0.2, 0.25) is 0 Å². The van der Waals surface area contributed by atoms with Crippen molar-refractivity contribution in [3.05, 3.63) is 66.2 Å². The Kier molecular flexibility index (Phi) is 3.62. The Labute approximate surface area is 123 Å². The van der Waals surface area contributed by atoms with Gasteiger partial charge in [-0.1, -0.05) is 48.5 Å². The van der Waals surface area contributed by atoms with E-state index >= 15 is 0 Å². The van der Waals surface area contributed by atoms with Gasteiger partial charge in [0, 0.05) is 6.42 Å². The largest absolute Gasteiger partial charge is 0.444 e. The maximum Gasteiger partial charge on any atom is 0.416 e. The first-order valence-electron chi connectivity index (χ1n) is 6.97. The number of carbonyl (C=O) groups excluding carboxylic acids is 1. The van der Waals surface area contributed by atoms with Crippen molar-refractivity contribution in [2.75, 3.05) is 11.5 Å². The molecule has 1 saturated heterocycles. The molecule has 4 heteroatoms. The lowest BCUT2D eigenvalue weighted by molar-refractivity contribution is 0.0230. The Morgan fingerprint density at radius 3 is 2.33 bits per heavy atom. The van der Waals surface area contributed by atoms with Crippen LogP contribution in [0, 0.1) is 0 Å². The summed E-state index contributed by atoms with van der Waals surface area (Å²) in [5.41, 5.74) is 0.475. The molecule has 0 spiro atoms. The quantitative estimate of drug-likeness (QED) is 0.938. The van der Waals surface area contributed by atoms with Gasteiger partial charge in [0.25, 0.3) is 0 Å². The van der Waals surface area contributed by atoms with Gasteiger partial charge in [0.05, 0.1) is 5.69 Å². The number of aliphatic hydroxyl groups is 1. The molecule has 1 heterocycles. The maximum absolute atomic E-state index is 11.9. The molecule has 1 aliphatic rings. The van der Waals surface area contributed by atoms with E-state index < -0.39 is 11.8 Å². The molecule has 108 valence electrons. The van der Waals surface area contributed by atoms with Gasteiger partial charge in [-0.05, 0) is 24.1 Å². The Hall–Kier alpha value is -2.33. The topological polar surface area (TPSA) is 49.8 Å². The molecule has 1 unspecified atom stereocenters. The van der Waals surface area contributed by atoms with E-state index in [0.717, 1.165) is 5.56 Å². The summed E-state index contributed by atoms with van der Waals surface area (Å²) in [5.74, 6) is 0. The fraction of sp³-hybridized carbons (Fsp3) is 0.235. The van der Waals surface area contributed by atoms with E-state index in [2.05, 4.69) is 0 Å². The zero-order valence-electron chi connectivity index (χ0n) is 11.6. The highest BCUT2D eigenvalue weighted by Gasteiger charge is 2.46. The van der Waals surface area contributed by atoms with Gasteiger partial charge in [-0.3, -0.25) is 0 Å². The lowest BCUT2D eigenvalue weighted by Crippen LogP contribution is -2.47. The van der Waals surface area contributed by atoms with Crippen molar-refractivity contribution in [1.82, 2.24) is 0 Å². The van der Waals surface area contributed by atoms with Crippen LogP contribution in [0.4, 0.5) is 10.5 Å². The minimum absolute atomic E-state index is 0.00639.